The summed E-state index contributed by atoms with van der Waals surface area (Å²) in [6.45, 7) is 0. The lowest BCUT2D eigenvalue weighted by atomic mass is 10.2. The Balaban J connectivity index is 6.24. The Hall–Kier alpha value is -0.480. The molecule has 0 aromatic rings. The first-order chi connectivity index (χ1) is 7.56. The van der Waals surface area contributed by atoms with Crippen LogP contribution in [0, 0.1) is 0 Å². The third kappa shape index (κ3) is 2.21. The molecule has 0 saturated heterocycles. The normalized spacial score (nSPS) is 21.3. The molecule has 13 heteroatoms. The van der Waals surface area contributed by atoms with Gasteiger partial charge in [0.05, 0.1) is 0 Å². The summed E-state index contributed by atoms with van der Waals surface area (Å²) in [5, 5.41) is -6.81. The molecular formula is C5H4F9O3P. The number of hydrogen-bond donors (Lipinski definition) is 1. The van der Waals surface area contributed by atoms with Crippen molar-refractivity contribution in [3.05, 3.63) is 0 Å². The minimum atomic E-state index is -7.17. The average Bonchev–Trinajstić information content (AvgIpc) is 2.12. The second-order valence-corrected chi connectivity index (χ2v) is 4.92. The highest BCUT2D eigenvalue weighted by Gasteiger charge is 2.88. The predicted molar refractivity (Wildman–Crippen MR) is 37.7 cm³/mol. The first-order valence-electron chi connectivity index (χ1n) is 3.65. The first-order valence-corrected chi connectivity index (χ1v) is 5.23. The molecule has 0 aliphatic carbocycles. The smallest absolute Gasteiger partial charge is 0.322 e. The number of alkyl halides is 9. The van der Waals surface area contributed by atoms with Gasteiger partial charge in [-0.2, -0.15) is 35.1 Å². The lowest BCUT2D eigenvalue weighted by Gasteiger charge is -2.36. The Morgan fingerprint density at radius 3 is 1.39 bits per heavy atom. The van der Waals surface area contributed by atoms with Crippen molar-refractivity contribution in [2.75, 3.05) is 7.11 Å². The fourth-order valence-electron chi connectivity index (χ4n) is 0.829. The Kier molecular flexibility index (Phi) is 4.16. The molecule has 0 aromatic carbocycles. The van der Waals surface area contributed by atoms with Crippen LogP contribution in [0.5, 0.6) is 0 Å². The molecule has 0 saturated carbocycles. The van der Waals surface area contributed by atoms with Crippen LogP contribution in [0.4, 0.5) is 39.5 Å². The van der Waals surface area contributed by atoms with Crippen LogP contribution in [0.1, 0.15) is 0 Å². The molecule has 3 nitrogen and oxygen atoms in total. The predicted octanol–water partition coefficient (Wildman–Crippen LogP) is 3.24. The van der Waals surface area contributed by atoms with Crippen molar-refractivity contribution >= 4 is 7.60 Å². The Bertz CT molecular complexity index is 360. The molecule has 0 radical (unpaired) electrons. The highest BCUT2D eigenvalue weighted by molar-refractivity contribution is 7.54. The molecule has 0 fully saturated rings. The van der Waals surface area contributed by atoms with Gasteiger partial charge in [-0.1, -0.05) is 0 Å². The van der Waals surface area contributed by atoms with Gasteiger partial charge in [0.1, 0.15) is 0 Å². The minimum Gasteiger partial charge on any atom is -0.322 e. The van der Waals surface area contributed by atoms with Crippen LogP contribution in [-0.4, -0.2) is 35.7 Å². The van der Waals surface area contributed by atoms with Crippen LogP contribution in [0.25, 0.3) is 0 Å². The van der Waals surface area contributed by atoms with E-state index in [0.29, 0.717) is 0 Å². The maximum absolute atomic E-state index is 13.1. The number of halogens is 9. The van der Waals surface area contributed by atoms with Gasteiger partial charge in [-0.25, -0.2) is 4.39 Å². The van der Waals surface area contributed by atoms with Crippen molar-refractivity contribution in [1.29, 1.82) is 0 Å². The molecule has 0 spiro atoms. The van der Waals surface area contributed by atoms with Gasteiger partial charge in [-0.05, 0) is 0 Å². The van der Waals surface area contributed by atoms with Crippen LogP contribution in [-0.2, 0) is 9.09 Å². The van der Waals surface area contributed by atoms with Gasteiger partial charge in [0.25, 0.3) is 0 Å². The summed E-state index contributed by atoms with van der Waals surface area (Å²) in [5.41, 5.74) is 0. The molecule has 2 unspecified atom stereocenters. The molecular weight excluding hydrogens is 310 g/mol. The van der Waals surface area contributed by atoms with E-state index in [4.69, 9.17) is 4.89 Å². The van der Waals surface area contributed by atoms with Gasteiger partial charge in [0, 0.05) is 7.11 Å². The van der Waals surface area contributed by atoms with Crippen molar-refractivity contribution in [1.82, 2.24) is 0 Å². The molecule has 0 aromatic heterocycles. The summed E-state index contributed by atoms with van der Waals surface area (Å²) in [6.07, 6.45) is -14.0. The molecule has 0 bridgehead atoms. The van der Waals surface area contributed by atoms with E-state index in [-0.39, 0.29) is 7.11 Å². The topological polar surface area (TPSA) is 46.5 Å². The second-order valence-electron chi connectivity index (χ2n) is 2.89. The summed E-state index contributed by atoms with van der Waals surface area (Å²) in [6, 6.07) is 0. The van der Waals surface area contributed by atoms with Crippen molar-refractivity contribution in [2.45, 2.75) is 23.7 Å². The van der Waals surface area contributed by atoms with Crippen LogP contribution >= 0.6 is 7.60 Å². The zero-order valence-corrected chi connectivity index (χ0v) is 9.01. The summed E-state index contributed by atoms with van der Waals surface area (Å²) in [4.78, 5) is 8.34. The molecule has 0 rings (SSSR count). The number of rotatable bonds is 3. The van der Waals surface area contributed by atoms with E-state index in [2.05, 4.69) is 4.52 Å². The standard InChI is InChI=1S/C5H4F9O3P/c1-17-18(15,16)3(8,5(12,13)14)2(6,7)4(9,10)11/h1H3,(H,15,16). The van der Waals surface area contributed by atoms with Crippen molar-refractivity contribution in [3.8, 4) is 0 Å². The second kappa shape index (κ2) is 4.27. The molecule has 0 amide bonds. The Morgan fingerprint density at radius 2 is 1.22 bits per heavy atom. The maximum Gasteiger partial charge on any atom is 0.457 e. The van der Waals surface area contributed by atoms with Gasteiger partial charge >= 0.3 is 31.3 Å². The van der Waals surface area contributed by atoms with E-state index in [1.165, 1.54) is 0 Å². The van der Waals surface area contributed by atoms with E-state index in [9.17, 15) is 44.1 Å². The molecule has 2 atom stereocenters. The molecule has 18 heavy (non-hydrogen) atoms. The van der Waals surface area contributed by atoms with E-state index in [1.807, 2.05) is 0 Å². The first kappa shape index (κ1) is 17.5. The van der Waals surface area contributed by atoms with Crippen molar-refractivity contribution < 1.29 is 53.5 Å². The molecule has 1 N–H and O–H groups in total. The van der Waals surface area contributed by atoms with Crippen molar-refractivity contribution in [3.63, 3.8) is 0 Å². The number of hydrogen-bond acceptors (Lipinski definition) is 2. The van der Waals surface area contributed by atoms with Gasteiger partial charge in [0.15, 0.2) is 0 Å². The van der Waals surface area contributed by atoms with Gasteiger partial charge in [-0.15, -0.1) is 0 Å². The summed E-state index contributed by atoms with van der Waals surface area (Å²) >= 11 is 0. The molecule has 0 aliphatic heterocycles. The van der Waals surface area contributed by atoms with Gasteiger partial charge in [-0.3, -0.25) is 4.57 Å². The summed E-state index contributed by atoms with van der Waals surface area (Å²) < 4.78 is 123. The zero-order valence-electron chi connectivity index (χ0n) is 8.11. The Labute approximate surface area is 93.1 Å². The lowest BCUT2D eigenvalue weighted by Crippen LogP contribution is -2.61. The average molecular weight is 314 g/mol. The highest BCUT2D eigenvalue weighted by Crippen LogP contribution is 2.70. The van der Waals surface area contributed by atoms with Crippen LogP contribution in [0.3, 0.4) is 0 Å². The van der Waals surface area contributed by atoms with Crippen LogP contribution in [0.2, 0.25) is 0 Å². The maximum atomic E-state index is 13.1. The fourth-order valence-corrected chi connectivity index (χ4v) is 1.88. The van der Waals surface area contributed by atoms with Crippen molar-refractivity contribution in [2.24, 2.45) is 0 Å². The monoisotopic (exact) mass is 314 g/mol. The van der Waals surface area contributed by atoms with E-state index < -0.39 is 31.3 Å². The quantitative estimate of drug-likeness (QED) is 0.642. The van der Waals surface area contributed by atoms with Gasteiger partial charge in [0.2, 0.25) is 0 Å². The van der Waals surface area contributed by atoms with Crippen LogP contribution < -0.4 is 0 Å². The van der Waals surface area contributed by atoms with E-state index >= 15 is 0 Å². The molecule has 0 aliphatic rings. The minimum absolute atomic E-state index is 0.118. The van der Waals surface area contributed by atoms with E-state index in [0.717, 1.165) is 0 Å². The fraction of sp³-hybridized carbons (Fsp3) is 1.00. The zero-order chi connectivity index (χ0) is 15.2. The third-order valence-corrected chi connectivity index (χ3v) is 3.59. The highest BCUT2D eigenvalue weighted by atomic mass is 31.2. The largest absolute Gasteiger partial charge is 0.457 e. The molecule has 110 valence electrons. The SMILES string of the molecule is COP(=O)(O)C(F)(C(F)(F)F)C(F)(F)C(F)(F)F. The molecule has 0 heterocycles. The third-order valence-electron chi connectivity index (χ3n) is 1.78. The van der Waals surface area contributed by atoms with Crippen LogP contribution in [0.15, 0.2) is 0 Å². The summed E-state index contributed by atoms with van der Waals surface area (Å²) in [5.74, 6) is -7.17. The lowest BCUT2D eigenvalue weighted by molar-refractivity contribution is -0.362. The van der Waals surface area contributed by atoms with Gasteiger partial charge < -0.3 is 9.42 Å². The van der Waals surface area contributed by atoms with E-state index in [1.54, 1.807) is 0 Å². The Morgan fingerprint density at radius 1 is 0.889 bits per heavy atom. The summed E-state index contributed by atoms with van der Waals surface area (Å²) in [7, 11) is -7.11.